The summed E-state index contributed by atoms with van der Waals surface area (Å²) < 4.78 is 138. The lowest BCUT2D eigenvalue weighted by molar-refractivity contribution is -0.274. The molecule has 0 aliphatic rings. The molecule has 37 heteroatoms. The quantitative estimate of drug-likeness (QED) is 0.0238. The number of aryl methyl sites for hydroxylation is 9. The number of hydrogen-bond donors (Lipinski definition) is 9. The SMILES string of the molecule is CCCC(=O)Cc1ccc(C)cc1OC.CCOc1cc(C)sc1C(=O)O.COc1cc(C)ccc1OCCO.Cc1cc(C(F)(F)F)c(C(=O)O)s1.Cc1cc(F)c(C(=O)O)s1.Cc1cc(F)c(O)c(F)c1.Cc1cc(OC(F)(F)F)c(C(=O)O)s1.Cc1cc(OCCO)c(C(=O)O)s1.Cc1ccc(-c2c(O)c(=O)c2=O)cc1. The second kappa shape index (κ2) is 47.6. The number of aliphatic hydroxyl groups is 2. The molecule has 114 heavy (non-hydrogen) atoms. The fourth-order valence-electron chi connectivity index (χ4n) is 8.85. The lowest BCUT2D eigenvalue weighted by Crippen LogP contribution is -2.31. The second-order valence-electron chi connectivity index (χ2n) is 23.2. The van der Waals surface area contributed by atoms with Crippen molar-refractivity contribution in [3.8, 4) is 57.1 Å². The van der Waals surface area contributed by atoms with E-state index in [0.29, 0.717) is 86.1 Å². The number of aromatic hydroxyl groups is 2. The number of carboxylic acids is 5. The van der Waals surface area contributed by atoms with Gasteiger partial charge in [-0.3, -0.25) is 14.4 Å². The Kier molecular flexibility index (Phi) is 41.5. The van der Waals surface area contributed by atoms with Crippen molar-refractivity contribution in [1.82, 2.24) is 0 Å². The highest BCUT2D eigenvalue weighted by Gasteiger charge is 2.37. The maximum Gasteiger partial charge on any atom is 0.573 e. The molecule has 10 rings (SSSR count). The summed E-state index contributed by atoms with van der Waals surface area (Å²) in [6, 6.07) is 27.3. The van der Waals surface area contributed by atoms with Gasteiger partial charge in [0.1, 0.15) is 51.8 Å². The molecule has 0 saturated carbocycles. The number of benzene rings is 4. The van der Waals surface area contributed by atoms with Gasteiger partial charge in [0, 0.05) is 42.8 Å². The fourth-order valence-corrected chi connectivity index (χ4v) is 12.8. The van der Waals surface area contributed by atoms with Gasteiger partial charge in [0.05, 0.1) is 45.2 Å². The molecule has 0 fully saturated rings. The summed E-state index contributed by atoms with van der Waals surface area (Å²) in [6.45, 7) is 20.4. The number of carboxylic acid groups (broad SMARTS) is 5. The molecule has 0 spiro atoms. The van der Waals surface area contributed by atoms with Crippen LogP contribution in [0, 0.1) is 79.8 Å². The maximum atomic E-state index is 12.5. The van der Waals surface area contributed by atoms with Crippen LogP contribution in [-0.4, -0.2) is 135 Å². The van der Waals surface area contributed by atoms with Crippen LogP contribution in [0.2, 0.25) is 0 Å². The van der Waals surface area contributed by atoms with E-state index in [2.05, 4.69) is 4.74 Å². The average molecular weight is 1710 g/mol. The first kappa shape index (κ1) is 99.2. The van der Waals surface area contributed by atoms with Crippen LogP contribution in [0.3, 0.4) is 0 Å². The summed E-state index contributed by atoms with van der Waals surface area (Å²) in [7, 11) is 3.24. The number of phenolic OH excluding ortho intramolecular Hbond substituents is 1. The molecule has 0 amide bonds. The monoisotopic (exact) mass is 1700 g/mol. The summed E-state index contributed by atoms with van der Waals surface area (Å²) in [6.07, 6.45) is -7.41. The van der Waals surface area contributed by atoms with Gasteiger partial charge in [0.25, 0.3) is 5.43 Å². The predicted molar refractivity (Wildman–Crippen MR) is 413 cm³/mol. The van der Waals surface area contributed by atoms with E-state index in [9.17, 15) is 83.0 Å². The molecule has 0 unspecified atom stereocenters. The van der Waals surface area contributed by atoms with Crippen molar-refractivity contribution >= 4 is 92.3 Å². The molecule has 0 aliphatic heterocycles. The Morgan fingerprint density at radius 1 is 0.421 bits per heavy atom. The number of aliphatic hydroxyl groups excluding tert-OH is 2. The number of alkyl halides is 6. The molecule has 10 aromatic rings. The molecule has 5 heterocycles. The van der Waals surface area contributed by atoms with Crippen LogP contribution in [-0.2, 0) is 17.4 Å². The van der Waals surface area contributed by atoms with E-state index in [-0.39, 0.29) is 45.8 Å². The fraction of sp³-hybridized carbons (Fsp3) is 0.299. The van der Waals surface area contributed by atoms with E-state index in [1.807, 2.05) is 97.0 Å². The number of hydrogen-bond acceptors (Lipinski definition) is 23. The minimum Gasteiger partial charge on any atom is -0.503 e. The van der Waals surface area contributed by atoms with Crippen LogP contribution in [0.25, 0.3) is 11.1 Å². The van der Waals surface area contributed by atoms with Crippen molar-refractivity contribution in [2.75, 3.05) is 47.3 Å². The van der Waals surface area contributed by atoms with Crippen LogP contribution in [0.1, 0.15) is 133 Å². The first-order valence-electron chi connectivity index (χ1n) is 33.0. The molecular formula is C77H81F9O23S5. The predicted octanol–water partition coefficient (Wildman–Crippen LogP) is 17.8. The molecule has 0 bridgehead atoms. The van der Waals surface area contributed by atoms with E-state index in [4.69, 9.17) is 64.5 Å². The van der Waals surface area contributed by atoms with Crippen molar-refractivity contribution in [2.24, 2.45) is 0 Å². The Balaban J connectivity index is 0.000000436. The van der Waals surface area contributed by atoms with Gasteiger partial charge < -0.3 is 74.4 Å². The molecule has 9 N–H and O–H groups in total. The number of ether oxygens (including phenoxy) is 6. The van der Waals surface area contributed by atoms with Gasteiger partial charge in [-0.1, -0.05) is 55.0 Å². The number of carbonyl (C=O) groups excluding carboxylic acids is 1. The van der Waals surface area contributed by atoms with E-state index >= 15 is 0 Å². The lowest BCUT2D eigenvalue weighted by atomic mass is 9.99. The van der Waals surface area contributed by atoms with Gasteiger partial charge in [0.15, 0.2) is 55.0 Å². The van der Waals surface area contributed by atoms with Crippen molar-refractivity contribution in [3.63, 3.8) is 0 Å². The largest absolute Gasteiger partial charge is 0.573 e. The van der Waals surface area contributed by atoms with Crippen LogP contribution < -0.4 is 39.3 Å². The van der Waals surface area contributed by atoms with E-state index < -0.39 is 103 Å². The number of ketones is 1. The Hall–Kier alpha value is -10.8. The Morgan fingerprint density at radius 2 is 0.825 bits per heavy atom. The summed E-state index contributed by atoms with van der Waals surface area (Å²) in [5.41, 5.74) is 3.04. The third-order valence-corrected chi connectivity index (χ3v) is 18.8. The molecule has 0 saturated heterocycles. The summed E-state index contributed by atoms with van der Waals surface area (Å²) in [5, 5.41) is 77.7. The van der Waals surface area contributed by atoms with E-state index in [1.165, 1.54) is 42.6 Å². The zero-order chi connectivity index (χ0) is 86.8. The Labute approximate surface area is 666 Å². The van der Waals surface area contributed by atoms with Crippen LogP contribution in [0.5, 0.6) is 46.0 Å². The van der Waals surface area contributed by atoms with Gasteiger partial charge >= 0.3 is 42.4 Å². The maximum absolute atomic E-state index is 12.5. The Morgan fingerprint density at radius 3 is 1.22 bits per heavy atom. The third-order valence-electron chi connectivity index (χ3n) is 13.7. The van der Waals surface area contributed by atoms with Crippen molar-refractivity contribution < 1.29 is 143 Å². The summed E-state index contributed by atoms with van der Waals surface area (Å²) >= 11 is 4.72. The topological polar surface area (TPSA) is 374 Å². The van der Waals surface area contributed by atoms with Crippen LogP contribution in [0.15, 0.2) is 113 Å². The highest BCUT2D eigenvalue weighted by molar-refractivity contribution is 7.15. The number of thiophene rings is 5. The first-order chi connectivity index (χ1) is 53.2. The molecule has 5 aromatic heterocycles. The number of aromatic carboxylic acids is 5. The molecule has 5 aromatic carbocycles. The normalized spacial score (nSPS) is 10.4. The molecular weight excluding hydrogens is 1620 g/mol. The number of carbonyl (C=O) groups is 6. The van der Waals surface area contributed by atoms with Crippen molar-refractivity contribution in [1.29, 1.82) is 0 Å². The summed E-state index contributed by atoms with van der Waals surface area (Å²) in [4.78, 5) is 88.2. The average Bonchev–Trinajstić information content (AvgIpc) is 1.08. The second-order valence-corrected chi connectivity index (χ2v) is 29.5. The van der Waals surface area contributed by atoms with Crippen LogP contribution >= 0.6 is 56.7 Å². The van der Waals surface area contributed by atoms with E-state index in [1.54, 1.807) is 52.3 Å². The number of phenols is 1. The number of Topliss-reactive ketones (excluding diaryl/α,β-unsaturated/α-hetero) is 1. The van der Waals surface area contributed by atoms with Crippen molar-refractivity contribution in [2.45, 2.75) is 108 Å². The van der Waals surface area contributed by atoms with E-state index in [0.717, 1.165) is 91.1 Å². The molecule has 620 valence electrons. The van der Waals surface area contributed by atoms with Gasteiger partial charge in [-0.25, -0.2) is 37.1 Å². The smallest absolute Gasteiger partial charge is 0.503 e. The number of methoxy groups -OCH3 is 2. The zero-order valence-corrected chi connectivity index (χ0v) is 67.2. The van der Waals surface area contributed by atoms with Gasteiger partial charge in [-0.15, -0.1) is 69.9 Å². The number of halogens is 9. The van der Waals surface area contributed by atoms with Crippen LogP contribution in [0.4, 0.5) is 39.5 Å². The van der Waals surface area contributed by atoms with Gasteiger partial charge in [-0.05, 0) is 159 Å². The zero-order valence-electron chi connectivity index (χ0n) is 63.2. The third kappa shape index (κ3) is 33.5. The highest BCUT2D eigenvalue weighted by atomic mass is 32.1. The first-order valence-corrected chi connectivity index (χ1v) is 37.1. The summed E-state index contributed by atoms with van der Waals surface area (Å²) in [5.74, 6) is -7.26. The molecule has 0 radical (unpaired) electrons. The molecule has 0 atom stereocenters. The van der Waals surface area contributed by atoms with Crippen molar-refractivity contribution in [3.05, 3.63) is 223 Å². The van der Waals surface area contributed by atoms with Gasteiger partial charge in [-0.2, -0.15) is 13.2 Å². The molecule has 23 nitrogen and oxygen atoms in total. The highest BCUT2D eigenvalue weighted by Crippen LogP contribution is 2.38. The Bertz CT molecular complexity index is 4870. The standard InChI is InChI=1S/C13H18O2.C11H8O3.C10H14O3.C8H10O4S.C8H10O3S.C7H5F3O3S.C7H5F3O2S.C7H6F2O.C6H5FO2S/c1-4-5-12(14)9-11-7-6-10(2)8-13(11)15-3;1-6-2-4-7(5-3-6)8-9(12)11(14)10(8)13;1-8-3-4-9(13-6-5-11)10(7-8)12-2;1-5-4-6(12-3-2-9)7(13-5)8(10)11;1-3-11-6-4-5(2)12-7(6)8(9)10;1-3-2-4(13-7(8,9)10)5(14-3)6(11)12;1-3-2-4(7(8,9)10)5(13-3)6(11)12;1-4-2-5(8)7(10)6(9)3-4;1-3-2-4(7)5(10-3)6(8)9/h6-8H,4-5,9H2,1-3H3;2-5,12H,1H3;3-4,7,11H,5-6H2,1-2H3;4,9H,2-3H2,1H3,(H,10,11);4H,3H2,1-2H3,(H,9,10);2H,1H3,(H,11,12);2H,1H3,(H,11,12);2-3,10H,1H3;2H,1H3,(H,8,9). The molecule has 0 aliphatic carbocycles. The minimum atomic E-state index is -4.86. The lowest BCUT2D eigenvalue weighted by Gasteiger charge is -2.09. The minimum absolute atomic E-state index is 0.0109. The number of rotatable bonds is 21. The van der Waals surface area contributed by atoms with Gasteiger partial charge in [0.2, 0.25) is 5.43 Å².